The van der Waals surface area contributed by atoms with Crippen molar-refractivity contribution in [2.24, 2.45) is 13.0 Å². The fourth-order valence-corrected chi connectivity index (χ4v) is 3.26. The number of fused-ring (bicyclic) bond motifs is 1. The second kappa shape index (κ2) is 5.92. The molecule has 0 saturated heterocycles. The number of hydrogen-bond donors (Lipinski definition) is 0. The summed E-state index contributed by atoms with van der Waals surface area (Å²) in [4.78, 5) is 6.83. The number of hydrogen-bond acceptors (Lipinski definition) is 5. The summed E-state index contributed by atoms with van der Waals surface area (Å²) in [5.74, 6) is 2.04. The van der Waals surface area contributed by atoms with Crippen LogP contribution in [0.2, 0.25) is 0 Å². The Morgan fingerprint density at radius 1 is 1.22 bits per heavy atom. The van der Waals surface area contributed by atoms with E-state index in [1.165, 1.54) is 18.5 Å². The molecule has 2 aromatic heterocycles. The lowest BCUT2D eigenvalue weighted by Crippen LogP contribution is -2.37. The molecule has 0 spiro atoms. The van der Waals surface area contributed by atoms with Crippen LogP contribution in [0.3, 0.4) is 0 Å². The van der Waals surface area contributed by atoms with E-state index in [2.05, 4.69) is 31.7 Å². The van der Waals surface area contributed by atoms with Gasteiger partial charge >= 0.3 is 0 Å². The number of rotatable bonds is 5. The average molecular weight is 313 g/mol. The molecule has 0 bridgehead atoms. The van der Waals surface area contributed by atoms with Gasteiger partial charge in [0, 0.05) is 31.8 Å². The van der Waals surface area contributed by atoms with Gasteiger partial charge < -0.3 is 14.2 Å². The van der Waals surface area contributed by atoms with Crippen LogP contribution in [-0.2, 0) is 18.3 Å². The zero-order chi connectivity index (χ0) is 15.8. The lowest BCUT2D eigenvalue weighted by Gasteiger charge is -2.33. The molecule has 23 heavy (non-hydrogen) atoms. The Bertz CT molecular complexity index is 677. The van der Waals surface area contributed by atoms with E-state index in [4.69, 9.17) is 4.74 Å². The highest BCUT2D eigenvalue weighted by Crippen LogP contribution is 2.32. The normalized spacial score (nSPS) is 20.6. The highest BCUT2D eigenvalue weighted by Gasteiger charge is 2.30. The quantitative estimate of drug-likeness (QED) is 0.845. The summed E-state index contributed by atoms with van der Waals surface area (Å²) in [6.45, 7) is 5.28. The maximum Gasteiger partial charge on any atom is 0.151 e. The lowest BCUT2D eigenvalue weighted by molar-refractivity contribution is 0.108. The van der Waals surface area contributed by atoms with Crippen LogP contribution in [0.1, 0.15) is 35.8 Å². The van der Waals surface area contributed by atoms with Gasteiger partial charge in [0.1, 0.15) is 0 Å². The second-order valence-electron chi connectivity index (χ2n) is 6.78. The molecule has 1 saturated carbocycles. The molecule has 4 rings (SSSR count). The van der Waals surface area contributed by atoms with Crippen molar-refractivity contribution < 1.29 is 4.74 Å². The second-order valence-corrected chi connectivity index (χ2v) is 6.78. The van der Waals surface area contributed by atoms with Gasteiger partial charge in [0.25, 0.3) is 0 Å². The average Bonchev–Trinajstić information content (AvgIpc) is 3.30. The smallest absolute Gasteiger partial charge is 0.151 e. The van der Waals surface area contributed by atoms with Crippen molar-refractivity contribution in [3.05, 3.63) is 35.5 Å². The minimum Gasteiger partial charge on any atom is -0.380 e. The Kier molecular flexibility index (Phi) is 3.77. The minimum absolute atomic E-state index is 0.327. The molecule has 0 aromatic carbocycles. The van der Waals surface area contributed by atoms with Crippen molar-refractivity contribution in [3.8, 4) is 0 Å². The van der Waals surface area contributed by atoms with Gasteiger partial charge in [-0.3, -0.25) is 0 Å². The number of anilines is 1. The molecule has 0 N–H and O–H groups in total. The summed E-state index contributed by atoms with van der Waals surface area (Å²) in [7, 11) is 2.07. The molecule has 6 heteroatoms. The minimum atomic E-state index is 0.327. The van der Waals surface area contributed by atoms with Gasteiger partial charge in [-0.15, -0.1) is 5.10 Å². The van der Waals surface area contributed by atoms with Crippen LogP contribution >= 0.6 is 0 Å². The SMILES string of the molecule is Cc1ccc(N2Cc3ncn(C)c3C(COCC3CC3)C2)nn1. The first-order chi connectivity index (χ1) is 11.2. The van der Waals surface area contributed by atoms with Gasteiger partial charge in [0.15, 0.2) is 5.82 Å². The van der Waals surface area contributed by atoms with E-state index >= 15 is 0 Å². The third-order valence-corrected chi connectivity index (χ3v) is 4.71. The Labute approximate surface area is 136 Å². The first-order valence-electron chi connectivity index (χ1n) is 8.34. The van der Waals surface area contributed by atoms with Gasteiger partial charge in [0.05, 0.1) is 30.9 Å². The fraction of sp³-hybridized carbons (Fsp3) is 0.588. The molecule has 0 radical (unpaired) electrons. The Balaban J connectivity index is 1.53. The van der Waals surface area contributed by atoms with E-state index in [0.29, 0.717) is 5.92 Å². The molecule has 6 nitrogen and oxygen atoms in total. The van der Waals surface area contributed by atoms with Gasteiger partial charge in [-0.25, -0.2) is 4.98 Å². The highest BCUT2D eigenvalue weighted by atomic mass is 16.5. The third kappa shape index (κ3) is 3.08. The molecule has 0 amide bonds. The Morgan fingerprint density at radius 2 is 2.09 bits per heavy atom. The maximum absolute atomic E-state index is 5.98. The van der Waals surface area contributed by atoms with Crippen LogP contribution in [0.25, 0.3) is 0 Å². The largest absolute Gasteiger partial charge is 0.380 e. The van der Waals surface area contributed by atoms with Crippen LogP contribution in [0, 0.1) is 12.8 Å². The number of aromatic nitrogens is 4. The van der Waals surface area contributed by atoms with Crippen molar-refractivity contribution in [1.29, 1.82) is 0 Å². The zero-order valence-corrected chi connectivity index (χ0v) is 13.8. The molecule has 1 aliphatic heterocycles. The molecule has 3 heterocycles. The van der Waals surface area contributed by atoms with E-state index < -0.39 is 0 Å². The van der Waals surface area contributed by atoms with E-state index in [-0.39, 0.29) is 0 Å². The topological polar surface area (TPSA) is 56.1 Å². The van der Waals surface area contributed by atoms with Gasteiger partial charge in [-0.1, -0.05) is 0 Å². The predicted octanol–water partition coefficient (Wildman–Crippen LogP) is 2.05. The number of nitrogens with zero attached hydrogens (tertiary/aromatic N) is 5. The molecule has 122 valence electrons. The van der Waals surface area contributed by atoms with E-state index in [0.717, 1.165) is 49.4 Å². The molecular formula is C17H23N5O. The molecular weight excluding hydrogens is 290 g/mol. The Morgan fingerprint density at radius 3 is 2.83 bits per heavy atom. The molecule has 1 fully saturated rings. The number of imidazole rings is 1. The lowest BCUT2D eigenvalue weighted by atomic mass is 9.99. The summed E-state index contributed by atoms with van der Waals surface area (Å²) in [5.41, 5.74) is 3.37. The summed E-state index contributed by atoms with van der Waals surface area (Å²) in [6.07, 6.45) is 4.56. The summed E-state index contributed by atoms with van der Waals surface area (Å²) >= 11 is 0. The van der Waals surface area contributed by atoms with Crippen LogP contribution in [0.5, 0.6) is 0 Å². The monoisotopic (exact) mass is 313 g/mol. The molecule has 1 unspecified atom stereocenters. The highest BCUT2D eigenvalue weighted by molar-refractivity contribution is 5.42. The molecule has 1 aliphatic carbocycles. The first-order valence-corrected chi connectivity index (χ1v) is 8.34. The van der Waals surface area contributed by atoms with E-state index in [1.807, 2.05) is 25.4 Å². The van der Waals surface area contributed by atoms with Crippen LogP contribution in [-0.4, -0.2) is 39.5 Å². The standard InChI is InChI=1S/C17H23N5O/c1-12-3-6-16(20-19-12)22-7-14(10-23-9-13-4-5-13)17-15(8-22)18-11-21(17)2/h3,6,11,13-14H,4-5,7-10H2,1-2H3. The van der Waals surface area contributed by atoms with Crippen LogP contribution in [0.15, 0.2) is 18.5 Å². The van der Waals surface area contributed by atoms with Crippen LogP contribution < -0.4 is 4.90 Å². The Hall–Kier alpha value is -1.95. The number of aryl methyl sites for hydroxylation is 2. The van der Waals surface area contributed by atoms with Crippen molar-refractivity contribution in [2.45, 2.75) is 32.2 Å². The summed E-state index contributed by atoms with van der Waals surface area (Å²) < 4.78 is 8.12. The zero-order valence-electron chi connectivity index (χ0n) is 13.8. The van der Waals surface area contributed by atoms with Crippen molar-refractivity contribution in [2.75, 3.05) is 24.7 Å². The molecule has 2 aromatic rings. The predicted molar refractivity (Wildman–Crippen MR) is 87.3 cm³/mol. The maximum atomic E-state index is 5.98. The third-order valence-electron chi connectivity index (χ3n) is 4.71. The summed E-state index contributed by atoms with van der Waals surface area (Å²) in [5, 5.41) is 8.52. The molecule has 2 aliphatic rings. The summed E-state index contributed by atoms with van der Waals surface area (Å²) in [6, 6.07) is 4.05. The van der Waals surface area contributed by atoms with E-state index in [1.54, 1.807) is 0 Å². The fourth-order valence-electron chi connectivity index (χ4n) is 3.26. The molecule has 1 atom stereocenters. The van der Waals surface area contributed by atoms with Crippen molar-refractivity contribution in [3.63, 3.8) is 0 Å². The van der Waals surface area contributed by atoms with Gasteiger partial charge in [-0.05, 0) is 37.8 Å². The van der Waals surface area contributed by atoms with Gasteiger partial charge in [0.2, 0.25) is 0 Å². The first kappa shape index (κ1) is 14.6. The van der Waals surface area contributed by atoms with Crippen molar-refractivity contribution >= 4 is 5.82 Å². The van der Waals surface area contributed by atoms with Crippen molar-refractivity contribution in [1.82, 2.24) is 19.7 Å². The number of ether oxygens (including phenoxy) is 1. The van der Waals surface area contributed by atoms with Crippen LogP contribution in [0.4, 0.5) is 5.82 Å². The van der Waals surface area contributed by atoms with Gasteiger partial charge in [-0.2, -0.15) is 5.10 Å². The van der Waals surface area contributed by atoms with E-state index in [9.17, 15) is 0 Å².